The third-order valence-corrected chi connectivity index (χ3v) is 8.19. The summed E-state index contributed by atoms with van der Waals surface area (Å²) in [5.74, 6) is 1.12. The lowest BCUT2D eigenvalue weighted by Gasteiger charge is -2.36. The van der Waals surface area contributed by atoms with E-state index in [1.807, 2.05) is 17.0 Å². The van der Waals surface area contributed by atoms with Crippen LogP contribution < -0.4 is 9.80 Å². The molecule has 13 heteroatoms. The number of sulfonamides is 1. The molecule has 35 heavy (non-hydrogen) atoms. The zero-order valence-corrected chi connectivity index (χ0v) is 20.0. The van der Waals surface area contributed by atoms with Gasteiger partial charge in [-0.3, -0.25) is 4.90 Å². The van der Waals surface area contributed by atoms with Crippen molar-refractivity contribution in [1.82, 2.24) is 19.4 Å². The normalized spacial score (nSPS) is 18.7. The number of β-amino-alcohol motifs (C(OH)–C–C–N with tert-alkyl or cyclic N) is 1. The second-order valence-corrected chi connectivity index (χ2v) is 10.6. The van der Waals surface area contributed by atoms with E-state index in [2.05, 4.69) is 20.0 Å². The molecular weight excluding hydrogens is 485 g/mol. The number of benzene rings is 1. The fraction of sp³-hybridized carbons (Fsp3) is 0.545. The molecule has 1 aromatic heterocycles. The summed E-state index contributed by atoms with van der Waals surface area (Å²) in [6, 6.07) is 8.02. The highest BCUT2D eigenvalue weighted by atomic mass is 32.2. The molecule has 1 aromatic carbocycles. The van der Waals surface area contributed by atoms with Crippen LogP contribution in [0.3, 0.4) is 0 Å². The number of aliphatic hydroxyl groups excluding tert-OH is 1. The highest BCUT2D eigenvalue weighted by Crippen LogP contribution is 2.29. The molecule has 2 aliphatic heterocycles. The van der Waals surface area contributed by atoms with Crippen molar-refractivity contribution in [2.24, 2.45) is 0 Å². The number of halogens is 3. The van der Waals surface area contributed by atoms with E-state index in [0.717, 1.165) is 44.1 Å². The Morgan fingerprint density at radius 1 is 0.800 bits per heavy atom. The summed E-state index contributed by atoms with van der Waals surface area (Å²) in [5.41, 5.74) is -0.484. The predicted octanol–water partition coefficient (Wildman–Crippen LogP) is 1.26. The number of anilines is 2. The van der Waals surface area contributed by atoms with Gasteiger partial charge in [0.05, 0.1) is 17.9 Å². The fourth-order valence-corrected chi connectivity index (χ4v) is 5.80. The van der Waals surface area contributed by atoms with Gasteiger partial charge in [-0.05, 0) is 29.8 Å². The van der Waals surface area contributed by atoms with Gasteiger partial charge in [0.1, 0.15) is 0 Å². The molecule has 2 aliphatic rings. The Bertz CT molecular complexity index is 1070. The third-order valence-electron chi connectivity index (χ3n) is 6.34. The van der Waals surface area contributed by atoms with Gasteiger partial charge in [0.2, 0.25) is 10.0 Å². The molecule has 2 fully saturated rings. The van der Waals surface area contributed by atoms with E-state index in [0.29, 0.717) is 31.0 Å². The van der Waals surface area contributed by atoms with Crippen molar-refractivity contribution in [3.63, 3.8) is 0 Å². The first-order chi connectivity index (χ1) is 16.7. The van der Waals surface area contributed by atoms with E-state index in [1.54, 1.807) is 0 Å². The van der Waals surface area contributed by atoms with Crippen molar-refractivity contribution in [3.8, 4) is 0 Å². The Morgan fingerprint density at radius 2 is 1.31 bits per heavy atom. The minimum absolute atomic E-state index is 0.151. The van der Waals surface area contributed by atoms with Gasteiger partial charge in [-0.25, -0.2) is 8.42 Å². The average molecular weight is 515 g/mol. The lowest BCUT2D eigenvalue weighted by molar-refractivity contribution is -0.137. The van der Waals surface area contributed by atoms with Crippen LogP contribution >= 0.6 is 0 Å². The Labute approximate surface area is 202 Å². The largest absolute Gasteiger partial charge is 0.416 e. The summed E-state index contributed by atoms with van der Waals surface area (Å²) < 4.78 is 65.2. The molecule has 0 spiro atoms. The lowest BCUT2D eigenvalue weighted by Crippen LogP contribution is -2.49. The van der Waals surface area contributed by atoms with E-state index in [-0.39, 0.29) is 25.4 Å². The summed E-state index contributed by atoms with van der Waals surface area (Å²) in [7, 11) is -3.66. The summed E-state index contributed by atoms with van der Waals surface area (Å²) >= 11 is 0. The maximum Gasteiger partial charge on any atom is 0.416 e. The lowest BCUT2D eigenvalue weighted by atomic mass is 10.1. The van der Waals surface area contributed by atoms with Crippen LogP contribution in [0, 0.1) is 0 Å². The Kier molecular flexibility index (Phi) is 7.79. The summed E-state index contributed by atoms with van der Waals surface area (Å²) in [6.07, 6.45) is -4.45. The van der Waals surface area contributed by atoms with E-state index in [4.69, 9.17) is 5.11 Å². The van der Waals surface area contributed by atoms with Gasteiger partial charge in [-0.15, -0.1) is 10.2 Å². The van der Waals surface area contributed by atoms with Crippen LogP contribution in [0.5, 0.6) is 0 Å². The molecule has 4 rings (SSSR count). The molecule has 2 aromatic rings. The average Bonchev–Trinajstić information content (AvgIpc) is 2.84. The van der Waals surface area contributed by atoms with Crippen LogP contribution in [0.15, 0.2) is 36.4 Å². The molecule has 1 N–H and O–H groups in total. The standard InChI is InChI=1S/C22H29F3N6O3S/c23-22(24,25)19-3-1-18(2-4-19)17-35(33,34)31-13-11-30(12-14-31)21-6-5-20(26-27-21)29-9-7-28(8-10-29)15-16-32/h1-6,32H,7-17H2. The van der Waals surface area contributed by atoms with Gasteiger partial charge >= 0.3 is 6.18 Å². The Morgan fingerprint density at radius 3 is 1.77 bits per heavy atom. The molecule has 0 aliphatic carbocycles. The molecule has 0 atom stereocenters. The van der Waals surface area contributed by atoms with E-state index >= 15 is 0 Å². The third kappa shape index (κ3) is 6.40. The quantitative estimate of drug-likeness (QED) is 0.591. The zero-order chi connectivity index (χ0) is 25.1. The first-order valence-corrected chi connectivity index (χ1v) is 13.1. The number of alkyl halides is 3. The van der Waals surface area contributed by atoms with Crippen LogP contribution in [-0.2, 0) is 22.0 Å². The first-order valence-electron chi connectivity index (χ1n) is 11.5. The predicted molar refractivity (Wildman–Crippen MR) is 126 cm³/mol. The van der Waals surface area contributed by atoms with Crippen molar-refractivity contribution < 1.29 is 26.7 Å². The van der Waals surface area contributed by atoms with Gasteiger partial charge in [0.25, 0.3) is 0 Å². The number of rotatable bonds is 7. The minimum atomic E-state index is -4.45. The Hall–Kier alpha value is -2.48. The minimum Gasteiger partial charge on any atom is -0.395 e. The number of aromatic nitrogens is 2. The fourth-order valence-electron chi connectivity index (χ4n) is 4.28. The number of piperazine rings is 2. The Balaban J connectivity index is 1.29. The number of hydrogen-bond donors (Lipinski definition) is 1. The highest BCUT2D eigenvalue weighted by molar-refractivity contribution is 7.88. The zero-order valence-electron chi connectivity index (χ0n) is 19.2. The van der Waals surface area contributed by atoms with Gasteiger partial charge in [-0.1, -0.05) is 12.1 Å². The van der Waals surface area contributed by atoms with Crippen LogP contribution in [0.25, 0.3) is 0 Å². The number of hydrogen-bond acceptors (Lipinski definition) is 8. The summed E-state index contributed by atoms with van der Waals surface area (Å²) in [6.45, 7) is 5.56. The molecule has 3 heterocycles. The molecule has 9 nitrogen and oxygen atoms in total. The van der Waals surface area contributed by atoms with Gasteiger partial charge in [0, 0.05) is 58.9 Å². The van der Waals surface area contributed by atoms with E-state index < -0.39 is 21.8 Å². The molecule has 0 amide bonds. The van der Waals surface area contributed by atoms with Crippen molar-refractivity contribution in [3.05, 3.63) is 47.5 Å². The number of nitrogens with zero attached hydrogens (tertiary/aromatic N) is 6. The van der Waals surface area contributed by atoms with Crippen LogP contribution in [0.2, 0.25) is 0 Å². The second-order valence-electron chi connectivity index (χ2n) is 8.64. The SMILES string of the molecule is O=S(=O)(Cc1ccc(C(F)(F)F)cc1)N1CCN(c2ccc(N3CCN(CCO)CC3)nn2)CC1. The number of aliphatic hydroxyl groups is 1. The van der Waals surface area contributed by atoms with E-state index in [1.165, 1.54) is 16.4 Å². The van der Waals surface area contributed by atoms with Crippen molar-refractivity contribution in [2.45, 2.75) is 11.9 Å². The smallest absolute Gasteiger partial charge is 0.395 e. The van der Waals surface area contributed by atoms with Gasteiger partial charge in [0.15, 0.2) is 11.6 Å². The molecular formula is C22H29F3N6O3S. The van der Waals surface area contributed by atoms with Crippen molar-refractivity contribution in [1.29, 1.82) is 0 Å². The van der Waals surface area contributed by atoms with Crippen LogP contribution in [0.4, 0.5) is 24.8 Å². The van der Waals surface area contributed by atoms with Crippen molar-refractivity contribution >= 4 is 21.7 Å². The summed E-state index contributed by atoms with van der Waals surface area (Å²) in [4.78, 5) is 6.32. The summed E-state index contributed by atoms with van der Waals surface area (Å²) in [5, 5.41) is 17.8. The molecule has 2 saturated heterocycles. The monoisotopic (exact) mass is 514 g/mol. The van der Waals surface area contributed by atoms with Crippen LogP contribution in [0.1, 0.15) is 11.1 Å². The molecule has 0 radical (unpaired) electrons. The van der Waals surface area contributed by atoms with E-state index in [9.17, 15) is 21.6 Å². The molecule has 0 unspecified atom stereocenters. The first kappa shape index (κ1) is 25.6. The molecule has 0 saturated carbocycles. The van der Waals surface area contributed by atoms with Crippen molar-refractivity contribution in [2.75, 3.05) is 75.3 Å². The maximum absolute atomic E-state index is 12.8. The van der Waals surface area contributed by atoms with Gasteiger partial charge < -0.3 is 14.9 Å². The molecule has 0 bridgehead atoms. The van der Waals surface area contributed by atoms with Gasteiger partial charge in [-0.2, -0.15) is 17.5 Å². The van der Waals surface area contributed by atoms with Crippen LogP contribution in [-0.4, -0.2) is 98.4 Å². The second kappa shape index (κ2) is 10.6. The topological polar surface area (TPSA) is 93.1 Å². The molecule has 192 valence electrons. The maximum atomic E-state index is 12.8. The highest BCUT2D eigenvalue weighted by Gasteiger charge is 2.31.